The van der Waals surface area contributed by atoms with Crippen LogP contribution < -0.4 is 0 Å². The molecular weight excluding hydrogens is 777 g/mol. The summed E-state index contributed by atoms with van der Waals surface area (Å²) in [6, 6.07) is 82.8. The number of hydrogen-bond acceptors (Lipinski definition) is 2. The van der Waals surface area contributed by atoms with E-state index in [-0.39, 0.29) is 0 Å². The largest absolute Gasteiger partial charge is 0.309 e. The van der Waals surface area contributed by atoms with Crippen molar-refractivity contribution in [2.24, 2.45) is 0 Å². The van der Waals surface area contributed by atoms with Crippen LogP contribution in [0.25, 0.3) is 122 Å². The van der Waals surface area contributed by atoms with Gasteiger partial charge in [0.2, 0.25) is 0 Å². The number of rotatable bonds is 6. The maximum atomic E-state index is 5.37. The summed E-state index contributed by atoms with van der Waals surface area (Å²) in [6.07, 6.45) is 0. The molecule has 0 bridgehead atoms. The molecule has 0 amide bonds. The molecule has 4 nitrogen and oxygen atoms in total. The smallest absolute Gasteiger partial charge is 0.0973 e. The van der Waals surface area contributed by atoms with Crippen LogP contribution in [-0.2, 0) is 0 Å². The van der Waals surface area contributed by atoms with Crippen molar-refractivity contribution in [3.63, 3.8) is 0 Å². The lowest BCUT2D eigenvalue weighted by atomic mass is 9.93. The molecule has 0 atom stereocenters. The number of benzene rings is 10. The second kappa shape index (κ2) is 14.5. The zero-order valence-electron chi connectivity index (χ0n) is 34.7. The van der Waals surface area contributed by atoms with Crippen molar-refractivity contribution in [2.75, 3.05) is 0 Å². The molecule has 0 unspecified atom stereocenters. The van der Waals surface area contributed by atoms with E-state index in [2.05, 4.69) is 228 Å². The predicted molar refractivity (Wildman–Crippen MR) is 267 cm³/mol. The molecule has 64 heavy (non-hydrogen) atoms. The Bertz CT molecular complexity index is 3830. The number of aromatic nitrogens is 4. The highest BCUT2D eigenvalue weighted by atomic mass is 15.0. The molecule has 298 valence electrons. The minimum absolute atomic E-state index is 0.846. The van der Waals surface area contributed by atoms with Crippen LogP contribution in [0.4, 0.5) is 0 Å². The highest BCUT2D eigenvalue weighted by Crippen LogP contribution is 2.41. The summed E-state index contributed by atoms with van der Waals surface area (Å²) in [5, 5.41) is 7.37. The van der Waals surface area contributed by atoms with Crippen LogP contribution in [0.3, 0.4) is 0 Å². The average molecular weight is 815 g/mol. The summed E-state index contributed by atoms with van der Waals surface area (Å²) < 4.78 is 4.82. The standard InChI is InChI=1S/C60H38N4/c1-3-15-39(16-4-1)44-33-45(40-17-5-2-6-18-40)35-46(34-44)60-59(61-53-23-11-12-24-54(53)62-60)41-27-29-47(30-28-41)63-57-32-31-48(38-52(57)51-36-42-19-7-8-20-43(42)37-58(51)63)64-55-25-13-9-21-49(55)50-22-10-14-26-56(50)64/h1-38H. The van der Waals surface area contributed by atoms with E-state index >= 15 is 0 Å². The minimum atomic E-state index is 0.846. The van der Waals surface area contributed by atoms with Crippen LogP contribution in [0.5, 0.6) is 0 Å². The lowest BCUT2D eigenvalue weighted by Crippen LogP contribution is -1.98. The summed E-state index contributed by atoms with van der Waals surface area (Å²) in [7, 11) is 0. The first kappa shape index (κ1) is 36.1. The van der Waals surface area contributed by atoms with E-state index in [4.69, 9.17) is 9.97 Å². The Hall–Kier alpha value is -8.60. The van der Waals surface area contributed by atoms with Gasteiger partial charge in [-0.1, -0.05) is 146 Å². The van der Waals surface area contributed by atoms with E-state index in [1.807, 2.05) is 12.1 Å². The number of nitrogens with zero attached hydrogens (tertiary/aromatic N) is 4. The van der Waals surface area contributed by atoms with Crippen LogP contribution in [0.1, 0.15) is 0 Å². The predicted octanol–water partition coefficient (Wildman–Crippen LogP) is 15.6. The molecule has 0 saturated heterocycles. The van der Waals surface area contributed by atoms with Gasteiger partial charge in [-0.15, -0.1) is 0 Å². The van der Waals surface area contributed by atoms with Crippen LogP contribution in [0.2, 0.25) is 0 Å². The summed E-state index contributed by atoms with van der Waals surface area (Å²) in [5.74, 6) is 0. The Morgan fingerprint density at radius 1 is 0.250 bits per heavy atom. The third-order valence-corrected chi connectivity index (χ3v) is 12.8. The second-order valence-electron chi connectivity index (χ2n) is 16.6. The van der Waals surface area contributed by atoms with E-state index in [1.54, 1.807) is 0 Å². The van der Waals surface area contributed by atoms with Gasteiger partial charge < -0.3 is 9.13 Å². The topological polar surface area (TPSA) is 35.6 Å². The van der Waals surface area contributed by atoms with Gasteiger partial charge in [0, 0.05) is 44.0 Å². The van der Waals surface area contributed by atoms with Crippen LogP contribution in [-0.4, -0.2) is 19.1 Å². The summed E-state index contributed by atoms with van der Waals surface area (Å²) in [6.45, 7) is 0. The highest BCUT2D eigenvalue weighted by Gasteiger charge is 2.20. The zero-order chi connectivity index (χ0) is 42.1. The van der Waals surface area contributed by atoms with Gasteiger partial charge in [0.1, 0.15) is 0 Å². The fourth-order valence-electron chi connectivity index (χ4n) is 9.84. The number of fused-ring (bicyclic) bond motifs is 8. The van der Waals surface area contributed by atoms with Crippen molar-refractivity contribution in [3.05, 3.63) is 231 Å². The zero-order valence-corrected chi connectivity index (χ0v) is 34.7. The third kappa shape index (κ3) is 5.84. The third-order valence-electron chi connectivity index (χ3n) is 12.8. The van der Waals surface area contributed by atoms with Crippen LogP contribution in [0.15, 0.2) is 231 Å². The Morgan fingerprint density at radius 3 is 1.33 bits per heavy atom. The van der Waals surface area contributed by atoms with Crippen molar-refractivity contribution >= 4 is 65.4 Å². The van der Waals surface area contributed by atoms with Gasteiger partial charge in [-0.3, -0.25) is 0 Å². The average Bonchev–Trinajstić information content (AvgIpc) is 3.87. The lowest BCUT2D eigenvalue weighted by molar-refractivity contribution is 1.17. The summed E-state index contributed by atoms with van der Waals surface area (Å²) in [4.78, 5) is 10.7. The molecule has 0 N–H and O–H groups in total. The van der Waals surface area contributed by atoms with Crippen LogP contribution in [0, 0.1) is 0 Å². The lowest BCUT2D eigenvalue weighted by Gasteiger charge is -2.15. The minimum Gasteiger partial charge on any atom is -0.309 e. The maximum Gasteiger partial charge on any atom is 0.0973 e. The molecular formula is C60H38N4. The van der Waals surface area contributed by atoms with Gasteiger partial charge in [0.15, 0.2) is 0 Å². The Balaban J connectivity index is 0.996. The van der Waals surface area contributed by atoms with Crippen LogP contribution >= 0.6 is 0 Å². The Kier molecular flexibility index (Phi) is 8.18. The van der Waals surface area contributed by atoms with E-state index in [0.717, 1.165) is 78.2 Å². The molecule has 0 fully saturated rings. The molecule has 4 heteroatoms. The molecule has 0 aliphatic carbocycles. The molecule has 10 aromatic carbocycles. The highest BCUT2D eigenvalue weighted by molar-refractivity contribution is 6.15. The molecule has 0 aliphatic heterocycles. The van der Waals surface area contributed by atoms with Gasteiger partial charge in [0.05, 0.1) is 44.5 Å². The fraction of sp³-hybridized carbons (Fsp3) is 0. The normalized spacial score (nSPS) is 11.8. The molecule has 0 aliphatic rings. The summed E-state index contributed by atoms with van der Waals surface area (Å²) in [5.41, 5.74) is 17.0. The van der Waals surface area contributed by atoms with E-state index in [0.29, 0.717) is 0 Å². The maximum absolute atomic E-state index is 5.37. The van der Waals surface area contributed by atoms with Gasteiger partial charge in [-0.05, 0) is 118 Å². The van der Waals surface area contributed by atoms with Gasteiger partial charge in [0.25, 0.3) is 0 Å². The molecule has 0 spiro atoms. The Morgan fingerprint density at radius 2 is 0.703 bits per heavy atom. The summed E-state index contributed by atoms with van der Waals surface area (Å²) >= 11 is 0. The molecule has 13 rings (SSSR count). The van der Waals surface area contributed by atoms with Gasteiger partial charge in [-0.2, -0.15) is 0 Å². The van der Waals surface area contributed by atoms with Crippen molar-refractivity contribution in [2.45, 2.75) is 0 Å². The first-order chi connectivity index (χ1) is 31.7. The van der Waals surface area contributed by atoms with E-state index < -0.39 is 0 Å². The van der Waals surface area contributed by atoms with Crippen molar-refractivity contribution in [1.82, 2.24) is 19.1 Å². The van der Waals surface area contributed by atoms with Gasteiger partial charge in [-0.25, -0.2) is 9.97 Å². The monoisotopic (exact) mass is 814 g/mol. The van der Waals surface area contributed by atoms with Crippen molar-refractivity contribution < 1.29 is 0 Å². The SMILES string of the molecule is c1ccc(-c2cc(-c3ccccc3)cc(-c3nc4ccccc4nc3-c3ccc(-n4c5ccc(-n6c7ccccc7c7ccccc76)cc5c5cc6ccccc6cc54)cc3)c2)cc1. The quantitative estimate of drug-likeness (QED) is 0.168. The van der Waals surface area contributed by atoms with Crippen molar-refractivity contribution in [3.8, 4) is 56.1 Å². The first-order valence-electron chi connectivity index (χ1n) is 21.8. The Labute approximate surface area is 369 Å². The second-order valence-corrected chi connectivity index (χ2v) is 16.6. The van der Waals surface area contributed by atoms with E-state index in [9.17, 15) is 0 Å². The fourth-order valence-corrected chi connectivity index (χ4v) is 9.84. The molecule has 13 aromatic rings. The first-order valence-corrected chi connectivity index (χ1v) is 21.8. The number of hydrogen-bond donors (Lipinski definition) is 0. The number of para-hydroxylation sites is 4. The molecule has 3 heterocycles. The van der Waals surface area contributed by atoms with E-state index in [1.165, 1.54) is 43.4 Å². The molecule has 0 saturated carbocycles. The molecule has 0 radical (unpaired) electrons. The van der Waals surface area contributed by atoms with Crippen molar-refractivity contribution in [1.29, 1.82) is 0 Å². The van der Waals surface area contributed by atoms with Gasteiger partial charge >= 0.3 is 0 Å². The molecule has 3 aromatic heterocycles.